The normalized spacial score (nSPS) is 13.8. The Hall–Kier alpha value is -1.63. The third-order valence-corrected chi connectivity index (χ3v) is 10.4. The minimum atomic E-state index is -3.65. The van der Waals surface area contributed by atoms with E-state index in [9.17, 15) is 8.42 Å². The monoisotopic (exact) mass is 421 g/mol. The fourth-order valence-corrected chi connectivity index (χ4v) is 4.66. The predicted molar refractivity (Wildman–Crippen MR) is 121 cm³/mol. The van der Waals surface area contributed by atoms with Crippen LogP contribution in [0.5, 0.6) is 0 Å². The molecular formula is C22H35NO3SSi. The van der Waals surface area contributed by atoms with Gasteiger partial charge in [0.05, 0.1) is 18.0 Å². The molecule has 0 aliphatic carbocycles. The highest BCUT2D eigenvalue weighted by Gasteiger charge is 2.26. The topological polar surface area (TPSA) is 46.6 Å². The SMILES string of the molecule is C/C=C\C(=C/C)N(C/C=C/CO[Si](C)(C)C(C)C)S(=O)(=O)c1ccc(C)cc1. The first-order valence-corrected chi connectivity index (χ1v) is 14.2. The quantitative estimate of drug-likeness (QED) is 0.278. The van der Waals surface area contributed by atoms with Gasteiger partial charge in [0.25, 0.3) is 10.0 Å². The molecule has 1 aromatic carbocycles. The van der Waals surface area contributed by atoms with Gasteiger partial charge in [-0.3, -0.25) is 4.31 Å². The maximum atomic E-state index is 13.2. The molecule has 0 radical (unpaired) electrons. The van der Waals surface area contributed by atoms with E-state index in [0.717, 1.165) is 5.56 Å². The molecule has 0 aromatic heterocycles. The summed E-state index contributed by atoms with van der Waals surface area (Å²) in [6.07, 6.45) is 9.24. The van der Waals surface area contributed by atoms with Gasteiger partial charge in [0.1, 0.15) is 0 Å². The van der Waals surface area contributed by atoms with Gasteiger partial charge in [-0.2, -0.15) is 0 Å². The molecule has 156 valence electrons. The molecule has 0 heterocycles. The minimum absolute atomic E-state index is 0.257. The molecule has 0 aliphatic rings. The van der Waals surface area contributed by atoms with Crippen molar-refractivity contribution in [2.75, 3.05) is 13.2 Å². The third-order valence-electron chi connectivity index (χ3n) is 4.91. The molecule has 0 bridgehead atoms. The Morgan fingerprint density at radius 1 is 1.14 bits per heavy atom. The van der Waals surface area contributed by atoms with E-state index in [2.05, 4.69) is 26.9 Å². The zero-order valence-corrected chi connectivity index (χ0v) is 20.1. The molecule has 4 nitrogen and oxygen atoms in total. The predicted octanol–water partition coefficient (Wildman–Crippen LogP) is 5.65. The average molecular weight is 422 g/mol. The third kappa shape index (κ3) is 6.76. The van der Waals surface area contributed by atoms with E-state index < -0.39 is 18.3 Å². The van der Waals surface area contributed by atoms with Gasteiger partial charge >= 0.3 is 0 Å². The second-order valence-electron chi connectivity index (χ2n) is 7.60. The minimum Gasteiger partial charge on any atom is -0.413 e. The number of sulfonamides is 1. The molecule has 0 fully saturated rings. The van der Waals surface area contributed by atoms with Crippen molar-refractivity contribution in [1.82, 2.24) is 4.31 Å². The molecule has 0 N–H and O–H groups in total. The number of hydrogen-bond donors (Lipinski definition) is 0. The van der Waals surface area contributed by atoms with Crippen LogP contribution in [0, 0.1) is 6.92 Å². The first kappa shape index (κ1) is 24.4. The molecule has 0 saturated heterocycles. The van der Waals surface area contributed by atoms with Gasteiger partial charge < -0.3 is 4.43 Å². The number of aryl methyl sites for hydroxylation is 1. The molecule has 6 heteroatoms. The number of hydrogen-bond acceptors (Lipinski definition) is 3. The van der Waals surface area contributed by atoms with Crippen molar-refractivity contribution in [2.24, 2.45) is 0 Å². The van der Waals surface area contributed by atoms with Crippen LogP contribution in [0.1, 0.15) is 33.3 Å². The number of nitrogens with zero attached hydrogens (tertiary/aromatic N) is 1. The Morgan fingerprint density at radius 3 is 2.25 bits per heavy atom. The molecule has 0 amide bonds. The van der Waals surface area contributed by atoms with Gasteiger partial charge in [0.15, 0.2) is 8.32 Å². The zero-order chi connectivity index (χ0) is 21.4. The fourth-order valence-electron chi connectivity index (χ4n) is 2.34. The van der Waals surface area contributed by atoms with E-state index in [1.54, 1.807) is 12.1 Å². The van der Waals surface area contributed by atoms with Crippen LogP contribution in [0.4, 0.5) is 0 Å². The van der Waals surface area contributed by atoms with Gasteiger partial charge in [0.2, 0.25) is 0 Å². The second kappa shape index (κ2) is 10.8. The Kier molecular flexibility index (Phi) is 9.40. The van der Waals surface area contributed by atoms with Crippen LogP contribution in [0.15, 0.2) is 65.2 Å². The first-order valence-electron chi connectivity index (χ1n) is 9.73. The van der Waals surface area contributed by atoms with Crippen LogP contribution in [0.3, 0.4) is 0 Å². The summed E-state index contributed by atoms with van der Waals surface area (Å²) < 4.78 is 33.9. The summed E-state index contributed by atoms with van der Waals surface area (Å²) in [5.74, 6) is 0. The van der Waals surface area contributed by atoms with Crippen LogP contribution < -0.4 is 0 Å². The first-order chi connectivity index (χ1) is 13.1. The van der Waals surface area contributed by atoms with E-state index in [1.165, 1.54) is 4.31 Å². The van der Waals surface area contributed by atoms with Crippen molar-refractivity contribution in [3.63, 3.8) is 0 Å². The standard InChI is InChI=1S/C22H35NO3SSi/c1-8-12-21(9-2)23(17-10-11-18-26-28(6,7)19(3)4)27(24,25)22-15-13-20(5)14-16-22/h8-16,19H,17-18H2,1-7H3/b11-10+,12-8-,21-9+. The second-order valence-corrected chi connectivity index (χ2v) is 14.1. The molecule has 0 saturated carbocycles. The maximum Gasteiger partial charge on any atom is 0.264 e. The lowest BCUT2D eigenvalue weighted by Gasteiger charge is -2.26. The van der Waals surface area contributed by atoms with Crippen molar-refractivity contribution < 1.29 is 12.8 Å². The summed E-state index contributed by atoms with van der Waals surface area (Å²) in [5, 5.41) is 0. The Bertz CT molecular complexity index is 807. The number of allylic oxidation sites excluding steroid dienone is 3. The molecule has 1 aromatic rings. The van der Waals surface area contributed by atoms with Crippen molar-refractivity contribution >= 4 is 18.3 Å². The summed E-state index contributed by atoms with van der Waals surface area (Å²) in [5.41, 5.74) is 2.20. The molecule has 0 aliphatic heterocycles. The average Bonchev–Trinajstić information content (AvgIpc) is 2.63. The smallest absolute Gasteiger partial charge is 0.264 e. The molecule has 1 rings (SSSR count). The van der Waals surface area contributed by atoms with Gasteiger partial charge in [-0.1, -0.05) is 55.8 Å². The summed E-state index contributed by atoms with van der Waals surface area (Å²) >= 11 is 0. The van der Waals surface area contributed by atoms with E-state index in [4.69, 9.17) is 4.43 Å². The highest BCUT2D eigenvalue weighted by molar-refractivity contribution is 7.89. The fraction of sp³-hybridized carbons (Fsp3) is 0.455. The maximum absolute atomic E-state index is 13.2. The molecular weight excluding hydrogens is 386 g/mol. The molecule has 0 spiro atoms. The summed E-state index contributed by atoms with van der Waals surface area (Å²) in [6.45, 7) is 15.2. The summed E-state index contributed by atoms with van der Waals surface area (Å²) in [6, 6.07) is 6.95. The lowest BCUT2D eigenvalue weighted by molar-refractivity contribution is 0.344. The van der Waals surface area contributed by atoms with Crippen LogP contribution in [0.25, 0.3) is 0 Å². The Labute approximate surface area is 172 Å². The number of rotatable bonds is 10. The Balaban J connectivity index is 3.04. The van der Waals surface area contributed by atoms with E-state index >= 15 is 0 Å². The lowest BCUT2D eigenvalue weighted by atomic mass is 10.2. The van der Waals surface area contributed by atoms with Crippen molar-refractivity contribution in [3.8, 4) is 0 Å². The van der Waals surface area contributed by atoms with Crippen molar-refractivity contribution in [1.29, 1.82) is 0 Å². The van der Waals surface area contributed by atoms with Gasteiger partial charge in [0, 0.05) is 5.70 Å². The van der Waals surface area contributed by atoms with Crippen LogP contribution in [-0.4, -0.2) is 34.2 Å². The highest BCUT2D eigenvalue weighted by atomic mass is 32.2. The van der Waals surface area contributed by atoms with E-state index in [-0.39, 0.29) is 6.54 Å². The van der Waals surface area contributed by atoms with Gasteiger partial charge in [-0.15, -0.1) is 0 Å². The van der Waals surface area contributed by atoms with E-state index in [1.807, 2.05) is 63.3 Å². The molecule has 0 atom stereocenters. The van der Waals surface area contributed by atoms with Crippen LogP contribution in [-0.2, 0) is 14.4 Å². The molecule has 0 unspecified atom stereocenters. The van der Waals surface area contributed by atoms with Crippen LogP contribution in [0.2, 0.25) is 18.6 Å². The van der Waals surface area contributed by atoms with Gasteiger partial charge in [-0.05, 0) is 57.6 Å². The van der Waals surface area contributed by atoms with Crippen LogP contribution >= 0.6 is 0 Å². The summed E-state index contributed by atoms with van der Waals surface area (Å²) in [7, 11) is -5.35. The van der Waals surface area contributed by atoms with E-state index in [0.29, 0.717) is 22.7 Å². The number of benzene rings is 1. The lowest BCUT2D eigenvalue weighted by Crippen LogP contribution is -2.34. The zero-order valence-electron chi connectivity index (χ0n) is 18.3. The highest BCUT2D eigenvalue weighted by Crippen LogP contribution is 2.23. The molecule has 28 heavy (non-hydrogen) atoms. The van der Waals surface area contributed by atoms with Crippen molar-refractivity contribution in [3.05, 3.63) is 65.9 Å². The van der Waals surface area contributed by atoms with Gasteiger partial charge in [-0.25, -0.2) is 8.42 Å². The summed E-state index contributed by atoms with van der Waals surface area (Å²) in [4.78, 5) is 0.292. The van der Waals surface area contributed by atoms with Crippen molar-refractivity contribution in [2.45, 2.75) is 58.1 Å². The Morgan fingerprint density at radius 2 is 1.75 bits per heavy atom. The largest absolute Gasteiger partial charge is 0.413 e.